The number of ether oxygens (including phenoxy) is 1. The van der Waals surface area contributed by atoms with Crippen LogP contribution in [0.5, 0.6) is 0 Å². The molecule has 1 aliphatic carbocycles. The lowest BCUT2D eigenvalue weighted by molar-refractivity contribution is 0.0460. The number of rotatable bonds is 3. The summed E-state index contributed by atoms with van der Waals surface area (Å²) >= 11 is 0. The number of amidine groups is 1. The Bertz CT molecular complexity index is 1380. The zero-order valence-corrected chi connectivity index (χ0v) is 20.6. The standard InChI is InChI=1S/C29H30FN5O/c1-20-18-33(19-31-20)27-11-4-21(25-9-10-26(25)27)17-22-3-2-14-34-28(22)32-29(12-15-36-16-13-29)35(34)24-7-5-23(30)6-8-24/h4-8,11,17-19H,2-3,9-10,12-16H2,1H3/b22-17-. The summed E-state index contributed by atoms with van der Waals surface area (Å²) in [6.07, 6.45) is 12.3. The zero-order chi connectivity index (χ0) is 24.3. The molecule has 4 heterocycles. The second kappa shape index (κ2) is 8.30. The third-order valence-electron chi connectivity index (χ3n) is 8.05. The van der Waals surface area contributed by atoms with Crippen molar-refractivity contribution in [2.45, 2.75) is 51.1 Å². The SMILES string of the molecule is Cc1cn(-c2ccc(/C=C3/CCCN4C3=NC3(CCOCC3)N4c3ccc(F)cc3)c3c2CC3)cn1. The maximum absolute atomic E-state index is 13.8. The van der Waals surface area contributed by atoms with Crippen LogP contribution in [0, 0.1) is 12.7 Å². The van der Waals surface area contributed by atoms with Crippen LogP contribution in [0.25, 0.3) is 11.8 Å². The molecule has 0 saturated carbocycles. The second-order valence-corrected chi connectivity index (χ2v) is 10.3. The fourth-order valence-electron chi connectivity index (χ4n) is 6.18. The van der Waals surface area contributed by atoms with Gasteiger partial charge in [-0.25, -0.2) is 14.4 Å². The van der Waals surface area contributed by atoms with E-state index in [1.807, 2.05) is 25.4 Å². The fraction of sp³-hybridized carbons (Fsp3) is 0.379. The molecule has 0 N–H and O–H groups in total. The van der Waals surface area contributed by atoms with Crippen molar-refractivity contribution >= 4 is 17.6 Å². The van der Waals surface area contributed by atoms with E-state index in [1.54, 1.807) is 12.1 Å². The Balaban J connectivity index is 1.28. The van der Waals surface area contributed by atoms with Crippen molar-refractivity contribution in [2.75, 3.05) is 24.8 Å². The summed E-state index contributed by atoms with van der Waals surface area (Å²) in [5.74, 6) is 0.848. The first kappa shape index (κ1) is 21.8. The van der Waals surface area contributed by atoms with Crippen molar-refractivity contribution in [2.24, 2.45) is 4.99 Å². The quantitative estimate of drug-likeness (QED) is 0.511. The molecule has 4 aliphatic rings. The van der Waals surface area contributed by atoms with Crippen LogP contribution in [0.4, 0.5) is 10.1 Å². The highest BCUT2D eigenvalue weighted by molar-refractivity contribution is 6.05. The average Bonchev–Trinajstić information content (AvgIpc) is 3.43. The van der Waals surface area contributed by atoms with Crippen LogP contribution in [0.1, 0.15) is 48.1 Å². The number of hydrogen-bond donors (Lipinski definition) is 0. The summed E-state index contributed by atoms with van der Waals surface area (Å²) in [6, 6.07) is 11.3. The number of hydrazine groups is 1. The van der Waals surface area contributed by atoms with Gasteiger partial charge in [0.05, 0.1) is 30.9 Å². The molecule has 184 valence electrons. The predicted molar refractivity (Wildman–Crippen MR) is 139 cm³/mol. The number of aryl methyl sites for hydroxylation is 1. The Morgan fingerprint density at radius 1 is 1.00 bits per heavy atom. The molecule has 0 radical (unpaired) electrons. The molecule has 0 atom stereocenters. The number of aromatic nitrogens is 2. The third kappa shape index (κ3) is 3.40. The predicted octanol–water partition coefficient (Wildman–Crippen LogP) is 5.24. The maximum Gasteiger partial charge on any atom is 0.157 e. The molecule has 1 aromatic heterocycles. The largest absolute Gasteiger partial charge is 0.381 e. The van der Waals surface area contributed by atoms with Gasteiger partial charge in [-0.05, 0) is 91.3 Å². The van der Waals surface area contributed by atoms with Gasteiger partial charge < -0.3 is 9.30 Å². The molecule has 0 amide bonds. The van der Waals surface area contributed by atoms with Gasteiger partial charge >= 0.3 is 0 Å². The van der Waals surface area contributed by atoms with Crippen molar-refractivity contribution in [1.29, 1.82) is 0 Å². The van der Waals surface area contributed by atoms with Crippen LogP contribution >= 0.6 is 0 Å². The van der Waals surface area contributed by atoms with Crippen molar-refractivity contribution in [3.05, 3.63) is 82.7 Å². The first-order valence-electron chi connectivity index (χ1n) is 13.0. The second-order valence-electron chi connectivity index (χ2n) is 10.3. The molecule has 7 rings (SSSR count). The van der Waals surface area contributed by atoms with E-state index in [0.29, 0.717) is 13.2 Å². The topological polar surface area (TPSA) is 45.9 Å². The van der Waals surface area contributed by atoms with Gasteiger partial charge in [0.2, 0.25) is 0 Å². The van der Waals surface area contributed by atoms with Crippen molar-refractivity contribution in [3.8, 4) is 5.69 Å². The van der Waals surface area contributed by atoms with Gasteiger partial charge in [0.25, 0.3) is 0 Å². The minimum Gasteiger partial charge on any atom is -0.381 e. The van der Waals surface area contributed by atoms with Crippen molar-refractivity contribution in [3.63, 3.8) is 0 Å². The molecule has 2 aromatic carbocycles. The fourth-order valence-corrected chi connectivity index (χ4v) is 6.18. The summed E-state index contributed by atoms with van der Waals surface area (Å²) in [5.41, 5.74) is 8.35. The molecule has 2 fully saturated rings. The summed E-state index contributed by atoms with van der Waals surface area (Å²) < 4.78 is 21.6. The molecular weight excluding hydrogens is 453 g/mol. The lowest BCUT2D eigenvalue weighted by atomic mass is 9.82. The Kier molecular flexibility index (Phi) is 5.03. The zero-order valence-electron chi connectivity index (χ0n) is 20.6. The highest BCUT2D eigenvalue weighted by atomic mass is 19.1. The number of nitrogens with zero attached hydrogens (tertiary/aromatic N) is 5. The third-order valence-corrected chi connectivity index (χ3v) is 8.05. The molecule has 3 aromatic rings. The Labute approximate surface area is 210 Å². The van der Waals surface area contributed by atoms with Gasteiger partial charge in [-0.2, -0.15) is 0 Å². The molecule has 1 spiro atoms. The summed E-state index contributed by atoms with van der Waals surface area (Å²) in [5, 5.41) is 4.66. The summed E-state index contributed by atoms with van der Waals surface area (Å²) in [7, 11) is 0. The van der Waals surface area contributed by atoms with Crippen LogP contribution in [0.3, 0.4) is 0 Å². The average molecular weight is 484 g/mol. The minimum absolute atomic E-state index is 0.216. The first-order chi connectivity index (χ1) is 17.6. The van der Waals surface area contributed by atoms with Crippen LogP contribution in [0.2, 0.25) is 0 Å². The van der Waals surface area contributed by atoms with E-state index >= 15 is 0 Å². The lowest BCUT2D eigenvalue weighted by Gasteiger charge is -2.45. The molecule has 6 nitrogen and oxygen atoms in total. The monoisotopic (exact) mass is 483 g/mol. The Morgan fingerprint density at radius 2 is 1.81 bits per heavy atom. The lowest BCUT2D eigenvalue weighted by Crippen LogP contribution is -2.56. The molecule has 0 bridgehead atoms. The van der Waals surface area contributed by atoms with Crippen LogP contribution in [-0.4, -0.2) is 45.8 Å². The molecule has 3 aliphatic heterocycles. The molecule has 7 heteroatoms. The number of piperidine rings is 1. The molecule has 2 saturated heterocycles. The van der Waals surface area contributed by atoms with Gasteiger partial charge in [0, 0.05) is 31.3 Å². The van der Waals surface area contributed by atoms with Crippen LogP contribution in [-0.2, 0) is 17.6 Å². The van der Waals surface area contributed by atoms with E-state index in [4.69, 9.17) is 9.73 Å². The number of fused-ring (bicyclic) bond motifs is 2. The van der Waals surface area contributed by atoms with Gasteiger partial charge in [-0.15, -0.1) is 0 Å². The maximum atomic E-state index is 13.8. The van der Waals surface area contributed by atoms with E-state index in [1.165, 1.54) is 28.0 Å². The van der Waals surface area contributed by atoms with Crippen LogP contribution < -0.4 is 5.01 Å². The van der Waals surface area contributed by atoms with E-state index < -0.39 is 0 Å². The first-order valence-corrected chi connectivity index (χ1v) is 13.0. The smallest absolute Gasteiger partial charge is 0.157 e. The van der Waals surface area contributed by atoms with Gasteiger partial charge in [0.15, 0.2) is 5.66 Å². The highest BCUT2D eigenvalue weighted by Gasteiger charge is 2.49. The number of hydrogen-bond acceptors (Lipinski definition) is 5. The molecule has 36 heavy (non-hydrogen) atoms. The number of aliphatic imine (C=N–C) groups is 1. The van der Waals surface area contributed by atoms with E-state index in [0.717, 1.165) is 62.3 Å². The normalized spacial score (nSPS) is 21.4. The molecular formula is C29H30FN5O. The number of halogens is 1. The number of anilines is 1. The van der Waals surface area contributed by atoms with Crippen molar-refractivity contribution < 1.29 is 9.13 Å². The van der Waals surface area contributed by atoms with E-state index in [-0.39, 0.29) is 11.5 Å². The van der Waals surface area contributed by atoms with Gasteiger partial charge in [0.1, 0.15) is 11.7 Å². The van der Waals surface area contributed by atoms with Gasteiger partial charge in [-0.3, -0.25) is 10.0 Å². The van der Waals surface area contributed by atoms with E-state index in [9.17, 15) is 4.39 Å². The van der Waals surface area contributed by atoms with Gasteiger partial charge in [-0.1, -0.05) is 6.07 Å². The Morgan fingerprint density at radius 3 is 2.53 bits per heavy atom. The number of imidazole rings is 1. The highest BCUT2D eigenvalue weighted by Crippen LogP contribution is 2.43. The summed E-state index contributed by atoms with van der Waals surface area (Å²) in [4.78, 5) is 9.82. The summed E-state index contributed by atoms with van der Waals surface area (Å²) in [6.45, 7) is 4.31. The van der Waals surface area contributed by atoms with E-state index in [2.05, 4.69) is 44.0 Å². The van der Waals surface area contributed by atoms with Crippen LogP contribution in [0.15, 0.2) is 59.5 Å². The molecule has 0 unspecified atom stereocenters. The van der Waals surface area contributed by atoms with Crippen molar-refractivity contribution in [1.82, 2.24) is 14.6 Å². The minimum atomic E-state index is -0.372. The number of benzene rings is 2. The Hall–Kier alpha value is -3.45.